The maximum Gasteiger partial charge on any atom is 0.342 e. The van der Waals surface area contributed by atoms with E-state index in [0.717, 1.165) is 12.5 Å². The summed E-state index contributed by atoms with van der Waals surface area (Å²) in [4.78, 5) is 22.9. The third-order valence-electron chi connectivity index (χ3n) is 4.57. The fourth-order valence-corrected chi connectivity index (χ4v) is 3.15. The van der Waals surface area contributed by atoms with Crippen LogP contribution in [0.15, 0.2) is 29.0 Å². The van der Waals surface area contributed by atoms with Crippen molar-refractivity contribution in [2.75, 3.05) is 38.7 Å². The molecule has 1 aliphatic carbocycles. The molecular weight excluding hydrogens is 332 g/mol. The van der Waals surface area contributed by atoms with Gasteiger partial charge in [0.1, 0.15) is 17.9 Å². The van der Waals surface area contributed by atoms with Crippen LogP contribution in [-0.4, -0.2) is 49.7 Å². The van der Waals surface area contributed by atoms with Crippen LogP contribution < -0.4 is 10.2 Å². The Labute approximate surface area is 153 Å². The van der Waals surface area contributed by atoms with Crippen molar-refractivity contribution >= 4 is 11.9 Å². The molecule has 0 amide bonds. The predicted molar refractivity (Wildman–Crippen MR) is 99.2 cm³/mol. The van der Waals surface area contributed by atoms with Gasteiger partial charge in [0, 0.05) is 26.8 Å². The lowest BCUT2D eigenvalue weighted by Gasteiger charge is -2.13. The number of rotatable bonds is 8. The third kappa shape index (κ3) is 4.60. The molecule has 0 aliphatic heterocycles. The van der Waals surface area contributed by atoms with Gasteiger partial charge in [-0.25, -0.2) is 14.8 Å². The van der Waals surface area contributed by atoms with E-state index in [2.05, 4.69) is 15.3 Å². The largest absolute Gasteiger partial charge is 0.463 e. The van der Waals surface area contributed by atoms with Crippen LogP contribution >= 0.6 is 0 Å². The molecule has 140 valence electrons. The number of hydrogen-bond acceptors (Lipinski definition) is 7. The van der Waals surface area contributed by atoms with Crippen LogP contribution in [0.25, 0.3) is 11.5 Å². The molecule has 2 heterocycles. The Kier molecular flexibility index (Phi) is 6.22. The van der Waals surface area contributed by atoms with Crippen molar-refractivity contribution in [2.45, 2.75) is 25.7 Å². The summed E-state index contributed by atoms with van der Waals surface area (Å²) in [6.45, 7) is 1.96. The van der Waals surface area contributed by atoms with E-state index in [1.807, 2.05) is 14.1 Å². The smallest absolute Gasteiger partial charge is 0.342 e. The van der Waals surface area contributed by atoms with Crippen LogP contribution in [0.2, 0.25) is 0 Å². The Morgan fingerprint density at radius 3 is 2.88 bits per heavy atom. The summed E-state index contributed by atoms with van der Waals surface area (Å²) in [6, 6.07) is 3.52. The van der Waals surface area contributed by atoms with Crippen molar-refractivity contribution in [1.29, 1.82) is 0 Å². The van der Waals surface area contributed by atoms with Gasteiger partial charge in [-0.3, -0.25) is 0 Å². The summed E-state index contributed by atoms with van der Waals surface area (Å²) < 4.78 is 10.8. The molecule has 2 aromatic heterocycles. The molecule has 1 fully saturated rings. The van der Waals surface area contributed by atoms with E-state index in [0.29, 0.717) is 36.1 Å². The molecule has 3 rings (SSSR count). The van der Waals surface area contributed by atoms with Crippen LogP contribution in [0.5, 0.6) is 0 Å². The van der Waals surface area contributed by atoms with Gasteiger partial charge >= 0.3 is 5.97 Å². The molecule has 0 radical (unpaired) electrons. The monoisotopic (exact) mass is 358 g/mol. The predicted octanol–water partition coefficient (Wildman–Crippen LogP) is 2.74. The number of esters is 1. The van der Waals surface area contributed by atoms with Crippen molar-refractivity contribution in [3.05, 3.63) is 30.2 Å². The number of hydrogen-bond donors (Lipinski definition) is 1. The first kappa shape index (κ1) is 18.4. The number of nitrogens with zero attached hydrogens (tertiary/aromatic N) is 3. The fraction of sp³-hybridized carbons (Fsp3) is 0.526. The summed E-state index contributed by atoms with van der Waals surface area (Å²) in [5.74, 6) is 1.35. The molecule has 0 atom stereocenters. The lowest BCUT2D eigenvalue weighted by molar-refractivity contribution is 0.0507. The fourth-order valence-electron chi connectivity index (χ4n) is 3.15. The first-order chi connectivity index (χ1) is 12.6. The number of anilines is 1. The van der Waals surface area contributed by atoms with E-state index in [-0.39, 0.29) is 0 Å². The first-order valence-corrected chi connectivity index (χ1v) is 9.11. The maximum absolute atomic E-state index is 12.5. The Bertz CT molecular complexity index is 710. The van der Waals surface area contributed by atoms with E-state index in [9.17, 15) is 4.79 Å². The highest BCUT2D eigenvalue weighted by Crippen LogP contribution is 2.25. The van der Waals surface area contributed by atoms with Gasteiger partial charge in [0.2, 0.25) is 5.95 Å². The maximum atomic E-state index is 12.5. The molecule has 1 saturated carbocycles. The number of ether oxygens (including phenoxy) is 1. The van der Waals surface area contributed by atoms with Crippen molar-refractivity contribution < 1.29 is 13.9 Å². The molecule has 0 bridgehead atoms. The lowest BCUT2D eigenvalue weighted by Crippen LogP contribution is -2.26. The summed E-state index contributed by atoms with van der Waals surface area (Å²) >= 11 is 0. The Hall–Kier alpha value is -2.41. The standard InChI is InChI=1S/C19H26N4O3/c1-23(2)19-21-13-15(17(22-19)16-8-5-10-25-16)18(24)26-11-9-20-12-14-6-3-4-7-14/h5,8,10,13-14,20H,3-4,6-7,9,11-12H2,1-2H3. The Morgan fingerprint density at radius 2 is 2.19 bits per heavy atom. The highest BCUT2D eigenvalue weighted by Gasteiger charge is 2.20. The Morgan fingerprint density at radius 1 is 1.38 bits per heavy atom. The van der Waals surface area contributed by atoms with Gasteiger partial charge in [0.05, 0.1) is 6.26 Å². The van der Waals surface area contributed by atoms with Crippen LogP contribution in [0, 0.1) is 5.92 Å². The van der Waals surface area contributed by atoms with Gasteiger partial charge in [0.25, 0.3) is 0 Å². The molecule has 1 aliphatic rings. The number of nitrogens with one attached hydrogen (secondary N) is 1. The number of aromatic nitrogens is 2. The zero-order valence-electron chi connectivity index (χ0n) is 15.4. The van der Waals surface area contributed by atoms with Crippen LogP contribution in [0.3, 0.4) is 0 Å². The zero-order valence-corrected chi connectivity index (χ0v) is 15.4. The number of furan rings is 1. The van der Waals surface area contributed by atoms with Crippen LogP contribution in [0.1, 0.15) is 36.0 Å². The second-order valence-corrected chi connectivity index (χ2v) is 6.79. The van der Waals surface area contributed by atoms with E-state index in [1.54, 1.807) is 23.3 Å². The minimum atomic E-state index is -0.440. The summed E-state index contributed by atoms with van der Waals surface area (Å²) in [7, 11) is 3.69. The normalized spacial score (nSPS) is 14.5. The topological polar surface area (TPSA) is 80.5 Å². The molecule has 0 unspecified atom stereocenters. The average molecular weight is 358 g/mol. The minimum Gasteiger partial charge on any atom is -0.463 e. The molecule has 2 aromatic rings. The first-order valence-electron chi connectivity index (χ1n) is 9.11. The van der Waals surface area contributed by atoms with Gasteiger partial charge < -0.3 is 19.4 Å². The van der Waals surface area contributed by atoms with E-state index in [1.165, 1.54) is 31.9 Å². The summed E-state index contributed by atoms with van der Waals surface area (Å²) in [5.41, 5.74) is 0.749. The molecule has 0 spiro atoms. The summed E-state index contributed by atoms with van der Waals surface area (Å²) in [5, 5.41) is 3.37. The SMILES string of the molecule is CN(C)c1ncc(C(=O)OCCNCC2CCCC2)c(-c2ccco2)n1. The molecular formula is C19H26N4O3. The Balaban J connectivity index is 1.59. The van der Waals surface area contributed by atoms with Crippen molar-refractivity contribution in [1.82, 2.24) is 15.3 Å². The molecule has 26 heavy (non-hydrogen) atoms. The highest BCUT2D eigenvalue weighted by atomic mass is 16.5. The lowest BCUT2D eigenvalue weighted by atomic mass is 10.1. The van der Waals surface area contributed by atoms with E-state index < -0.39 is 5.97 Å². The van der Waals surface area contributed by atoms with Gasteiger partial charge in [-0.15, -0.1) is 0 Å². The molecule has 0 aromatic carbocycles. The second kappa shape index (κ2) is 8.80. The molecule has 1 N–H and O–H groups in total. The van der Waals surface area contributed by atoms with Crippen LogP contribution in [0.4, 0.5) is 5.95 Å². The number of carbonyl (C=O) groups is 1. The zero-order chi connectivity index (χ0) is 18.4. The average Bonchev–Trinajstić information content (AvgIpc) is 3.34. The van der Waals surface area contributed by atoms with Gasteiger partial charge in [-0.1, -0.05) is 12.8 Å². The highest BCUT2D eigenvalue weighted by molar-refractivity contribution is 5.95. The summed E-state index contributed by atoms with van der Waals surface area (Å²) in [6.07, 6.45) is 8.31. The molecule has 7 heteroatoms. The van der Waals surface area contributed by atoms with Gasteiger partial charge in [-0.2, -0.15) is 0 Å². The van der Waals surface area contributed by atoms with E-state index >= 15 is 0 Å². The van der Waals surface area contributed by atoms with E-state index in [4.69, 9.17) is 9.15 Å². The minimum absolute atomic E-state index is 0.307. The quantitative estimate of drug-likeness (QED) is 0.574. The number of carbonyl (C=O) groups excluding carboxylic acids is 1. The second-order valence-electron chi connectivity index (χ2n) is 6.79. The van der Waals surface area contributed by atoms with Crippen molar-refractivity contribution in [3.8, 4) is 11.5 Å². The van der Waals surface area contributed by atoms with Crippen molar-refractivity contribution in [2.24, 2.45) is 5.92 Å². The van der Waals surface area contributed by atoms with Crippen LogP contribution in [-0.2, 0) is 4.74 Å². The molecule has 0 saturated heterocycles. The van der Waals surface area contributed by atoms with Crippen molar-refractivity contribution in [3.63, 3.8) is 0 Å². The molecule has 7 nitrogen and oxygen atoms in total. The van der Waals surface area contributed by atoms with Gasteiger partial charge in [0.15, 0.2) is 5.76 Å². The van der Waals surface area contributed by atoms with Gasteiger partial charge in [-0.05, 0) is 37.4 Å². The third-order valence-corrected chi connectivity index (χ3v) is 4.57.